The predicted octanol–water partition coefficient (Wildman–Crippen LogP) is 0.661. The highest BCUT2D eigenvalue weighted by Gasteiger charge is 2.42. The Morgan fingerprint density at radius 2 is 1.91 bits per heavy atom. The van der Waals surface area contributed by atoms with Crippen LogP contribution in [0, 0.1) is 0 Å². The van der Waals surface area contributed by atoms with E-state index in [4.69, 9.17) is 0 Å². The van der Waals surface area contributed by atoms with Crippen molar-refractivity contribution >= 4 is 36.8 Å². The summed E-state index contributed by atoms with van der Waals surface area (Å²) < 4.78 is 52.2. The molecule has 5 rings (SSSR count). The SMILES string of the molecule is C[C@@]1(O)CCC[C@H]1n1c(=O)ccc2cnc(NC3CCN(S(=O)(=O)C4CCS(=O)(=O)C4)CC3)nc21. The molecule has 3 aliphatic rings. The van der Waals surface area contributed by atoms with Crippen molar-refractivity contribution in [1.29, 1.82) is 0 Å². The van der Waals surface area contributed by atoms with E-state index in [1.54, 1.807) is 23.8 Å². The van der Waals surface area contributed by atoms with Crippen molar-refractivity contribution in [3.63, 3.8) is 0 Å². The average Bonchev–Trinajstić information content (AvgIpc) is 3.35. The van der Waals surface area contributed by atoms with Gasteiger partial charge in [0.25, 0.3) is 5.56 Å². The Kier molecular flexibility index (Phi) is 6.17. The molecule has 35 heavy (non-hydrogen) atoms. The Balaban J connectivity index is 1.31. The van der Waals surface area contributed by atoms with E-state index in [1.165, 1.54) is 10.4 Å². The van der Waals surface area contributed by atoms with Crippen molar-refractivity contribution in [3.05, 3.63) is 28.7 Å². The summed E-state index contributed by atoms with van der Waals surface area (Å²) in [5.41, 5.74) is -0.750. The number of piperidine rings is 1. The number of aromatic nitrogens is 3. The summed E-state index contributed by atoms with van der Waals surface area (Å²) in [6.07, 6.45) is 4.98. The molecule has 11 nitrogen and oxygen atoms in total. The Bertz CT molecular complexity index is 1400. The number of sulfonamides is 1. The van der Waals surface area contributed by atoms with Crippen LogP contribution in [0.15, 0.2) is 23.1 Å². The van der Waals surface area contributed by atoms with Crippen LogP contribution in [0.3, 0.4) is 0 Å². The normalized spacial score (nSPS) is 30.1. The topological polar surface area (TPSA) is 152 Å². The van der Waals surface area contributed by atoms with Crippen molar-refractivity contribution in [1.82, 2.24) is 18.8 Å². The van der Waals surface area contributed by atoms with Crippen LogP contribution in [0.5, 0.6) is 0 Å². The lowest BCUT2D eigenvalue weighted by atomic mass is 10.00. The first-order chi connectivity index (χ1) is 16.5. The van der Waals surface area contributed by atoms with Gasteiger partial charge in [-0.05, 0) is 51.5 Å². The molecular weight excluding hydrogens is 494 g/mol. The third kappa shape index (κ3) is 4.70. The molecule has 1 unspecified atom stereocenters. The van der Waals surface area contributed by atoms with E-state index >= 15 is 0 Å². The fourth-order valence-corrected chi connectivity index (χ4v) is 10.2. The lowest BCUT2D eigenvalue weighted by molar-refractivity contribution is 0.0267. The smallest absolute Gasteiger partial charge is 0.252 e. The van der Waals surface area contributed by atoms with Gasteiger partial charge in [0.05, 0.1) is 28.4 Å². The molecule has 1 saturated carbocycles. The molecule has 2 saturated heterocycles. The third-order valence-corrected chi connectivity index (χ3v) is 11.9. The number of aliphatic hydroxyl groups is 1. The van der Waals surface area contributed by atoms with E-state index in [9.17, 15) is 26.7 Å². The lowest BCUT2D eigenvalue weighted by Gasteiger charge is -2.33. The van der Waals surface area contributed by atoms with Gasteiger partial charge in [0, 0.05) is 36.8 Å². The molecule has 0 bridgehead atoms. The molecule has 1 aliphatic carbocycles. The second-order valence-electron chi connectivity index (χ2n) is 10.2. The number of hydrogen-bond donors (Lipinski definition) is 2. The van der Waals surface area contributed by atoms with Gasteiger partial charge >= 0.3 is 0 Å². The second-order valence-corrected chi connectivity index (χ2v) is 14.6. The fourth-order valence-electron chi connectivity index (χ4n) is 5.59. The summed E-state index contributed by atoms with van der Waals surface area (Å²) in [5.74, 6) is -0.0263. The van der Waals surface area contributed by atoms with E-state index in [0.717, 1.165) is 6.42 Å². The maximum atomic E-state index is 12.9. The van der Waals surface area contributed by atoms with E-state index in [-0.39, 0.29) is 35.6 Å². The van der Waals surface area contributed by atoms with Gasteiger partial charge in [-0.15, -0.1) is 0 Å². The number of fused-ring (bicyclic) bond motifs is 1. The van der Waals surface area contributed by atoms with Crippen LogP contribution in [-0.4, -0.2) is 82.3 Å². The average molecular weight is 526 g/mol. The second kappa shape index (κ2) is 8.79. The highest BCUT2D eigenvalue weighted by atomic mass is 32.2. The van der Waals surface area contributed by atoms with Crippen molar-refractivity contribution in [2.75, 3.05) is 29.9 Å². The summed E-state index contributed by atoms with van der Waals surface area (Å²) >= 11 is 0. The monoisotopic (exact) mass is 525 g/mol. The van der Waals surface area contributed by atoms with Gasteiger partial charge in [0.1, 0.15) is 5.65 Å². The Labute approximate surface area is 204 Å². The lowest BCUT2D eigenvalue weighted by Crippen LogP contribution is -2.46. The zero-order valence-corrected chi connectivity index (χ0v) is 21.3. The van der Waals surface area contributed by atoms with Gasteiger partial charge in [-0.25, -0.2) is 26.1 Å². The van der Waals surface area contributed by atoms with Crippen molar-refractivity contribution in [2.24, 2.45) is 0 Å². The van der Waals surface area contributed by atoms with Crippen LogP contribution < -0.4 is 10.9 Å². The van der Waals surface area contributed by atoms with Crippen LogP contribution >= 0.6 is 0 Å². The maximum Gasteiger partial charge on any atom is 0.252 e. The van der Waals surface area contributed by atoms with Crippen LogP contribution in [0.2, 0.25) is 0 Å². The molecule has 13 heteroatoms. The number of sulfone groups is 1. The summed E-state index contributed by atoms with van der Waals surface area (Å²) in [6, 6.07) is 2.71. The third-order valence-electron chi connectivity index (χ3n) is 7.62. The predicted molar refractivity (Wildman–Crippen MR) is 132 cm³/mol. The molecule has 0 spiro atoms. The zero-order valence-electron chi connectivity index (χ0n) is 19.6. The van der Waals surface area contributed by atoms with Crippen molar-refractivity contribution in [2.45, 2.75) is 68.4 Å². The minimum absolute atomic E-state index is 0.0651. The molecule has 2 aromatic heterocycles. The molecule has 2 aromatic rings. The van der Waals surface area contributed by atoms with E-state index in [2.05, 4.69) is 15.3 Å². The molecule has 4 heterocycles. The molecule has 2 aliphatic heterocycles. The number of pyridine rings is 1. The van der Waals surface area contributed by atoms with Crippen LogP contribution in [-0.2, 0) is 19.9 Å². The first kappa shape index (κ1) is 24.6. The van der Waals surface area contributed by atoms with Crippen LogP contribution in [0.25, 0.3) is 11.0 Å². The van der Waals surface area contributed by atoms with Gasteiger partial charge in [-0.2, -0.15) is 4.98 Å². The first-order valence-corrected chi connectivity index (χ1v) is 15.4. The van der Waals surface area contributed by atoms with Crippen molar-refractivity contribution in [3.8, 4) is 0 Å². The van der Waals surface area contributed by atoms with Gasteiger partial charge in [0.2, 0.25) is 16.0 Å². The molecular formula is C22H31N5O6S2. The summed E-state index contributed by atoms with van der Waals surface area (Å²) in [4.78, 5) is 21.8. The molecule has 2 N–H and O–H groups in total. The molecule has 3 fully saturated rings. The molecule has 192 valence electrons. The highest BCUT2D eigenvalue weighted by Crippen LogP contribution is 2.39. The van der Waals surface area contributed by atoms with Crippen LogP contribution in [0.4, 0.5) is 5.95 Å². The van der Waals surface area contributed by atoms with Gasteiger partial charge in [-0.1, -0.05) is 0 Å². The quantitative estimate of drug-likeness (QED) is 0.573. The number of hydrogen-bond acceptors (Lipinski definition) is 9. The number of anilines is 1. The minimum atomic E-state index is -3.66. The standard InChI is InChI=1S/C22H31N5O6S2/c1-22(29)9-2-3-18(22)27-19(28)5-4-15-13-23-21(25-20(15)27)24-16-6-10-26(11-7-16)35(32,33)17-8-12-34(30,31)14-17/h4-5,13,16-18,29H,2-3,6-12,14H2,1H3,(H,23,24,25)/t17?,18-,22-/m1/s1. The van der Waals surface area contributed by atoms with Gasteiger partial charge in [-0.3, -0.25) is 9.36 Å². The Hall–Kier alpha value is -2.09. The van der Waals surface area contributed by atoms with Crippen LogP contribution in [0.1, 0.15) is 51.5 Å². The molecule has 0 radical (unpaired) electrons. The fraction of sp³-hybridized carbons (Fsp3) is 0.682. The van der Waals surface area contributed by atoms with Gasteiger partial charge in [0.15, 0.2) is 9.84 Å². The Morgan fingerprint density at radius 1 is 1.17 bits per heavy atom. The molecule has 3 atom stereocenters. The number of rotatable bonds is 5. The summed E-state index contributed by atoms with van der Waals surface area (Å²) in [7, 11) is -6.94. The summed E-state index contributed by atoms with van der Waals surface area (Å²) in [5, 5.41) is 13.9. The Morgan fingerprint density at radius 3 is 2.54 bits per heavy atom. The minimum Gasteiger partial charge on any atom is -0.388 e. The van der Waals surface area contributed by atoms with E-state index in [0.29, 0.717) is 55.8 Å². The van der Waals surface area contributed by atoms with E-state index < -0.39 is 30.7 Å². The van der Waals surface area contributed by atoms with Gasteiger partial charge < -0.3 is 10.4 Å². The highest BCUT2D eigenvalue weighted by molar-refractivity contribution is 7.95. The summed E-state index contributed by atoms with van der Waals surface area (Å²) in [6.45, 7) is 2.33. The van der Waals surface area contributed by atoms with Crippen molar-refractivity contribution < 1.29 is 21.9 Å². The largest absolute Gasteiger partial charge is 0.388 e. The molecule has 0 amide bonds. The molecule has 0 aromatic carbocycles. The number of nitrogens with zero attached hydrogens (tertiary/aromatic N) is 4. The maximum absolute atomic E-state index is 12.9. The number of nitrogens with one attached hydrogen (secondary N) is 1. The van der Waals surface area contributed by atoms with E-state index in [1.807, 2.05) is 0 Å². The first-order valence-electron chi connectivity index (χ1n) is 12.0. The zero-order chi connectivity index (χ0) is 25.0.